The molecule has 2 rings (SSSR count). The molecule has 18 heavy (non-hydrogen) atoms. The van der Waals surface area contributed by atoms with Gasteiger partial charge in [0.05, 0.1) is 10.7 Å². The summed E-state index contributed by atoms with van der Waals surface area (Å²) in [4.78, 5) is 0. The molecule has 2 atom stereocenters. The van der Waals surface area contributed by atoms with Gasteiger partial charge in [-0.2, -0.15) is 0 Å². The van der Waals surface area contributed by atoms with E-state index in [4.69, 9.17) is 14.9 Å². The number of hydrogen-bond donors (Lipinski definition) is 1. The third-order valence-electron chi connectivity index (χ3n) is 2.45. The maximum Gasteiger partial charge on any atom is 0.171 e. The molecule has 1 aromatic carbocycles. The van der Waals surface area contributed by atoms with Crippen LogP contribution in [0.1, 0.15) is 18.8 Å². The largest absolute Gasteiger partial charge is 0.480 e. The average molecular weight is 375 g/mol. The van der Waals surface area contributed by atoms with E-state index in [0.717, 1.165) is 20.5 Å². The highest BCUT2D eigenvalue weighted by Gasteiger charge is 2.21. The molecule has 0 saturated heterocycles. The topological polar surface area (TPSA) is 48.4 Å². The molecule has 96 valence electrons. The summed E-state index contributed by atoms with van der Waals surface area (Å²) < 4.78 is 13.1. The highest BCUT2D eigenvalue weighted by atomic mass is 79.9. The van der Waals surface area contributed by atoms with Crippen LogP contribution in [-0.4, -0.2) is 6.04 Å². The minimum Gasteiger partial charge on any atom is -0.480 e. The van der Waals surface area contributed by atoms with Crippen molar-refractivity contribution in [2.75, 3.05) is 0 Å². The molecule has 0 aliphatic heterocycles. The van der Waals surface area contributed by atoms with Gasteiger partial charge >= 0.3 is 0 Å². The second-order valence-corrected chi connectivity index (χ2v) is 5.76. The summed E-state index contributed by atoms with van der Waals surface area (Å²) in [6.07, 6.45) is 1.31. The highest BCUT2D eigenvalue weighted by Crippen LogP contribution is 2.32. The number of nitrogens with two attached hydrogens (primary N) is 1. The predicted molar refractivity (Wildman–Crippen MR) is 77.6 cm³/mol. The molecular weight excluding hydrogens is 362 g/mol. The zero-order valence-electron chi connectivity index (χ0n) is 9.77. The summed E-state index contributed by atoms with van der Waals surface area (Å²) in [7, 11) is 0. The summed E-state index contributed by atoms with van der Waals surface area (Å²) in [6, 6.07) is 9.24. The molecule has 0 spiro atoms. The zero-order valence-corrected chi connectivity index (χ0v) is 12.9. The van der Waals surface area contributed by atoms with Crippen molar-refractivity contribution in [3.63, 3.8) is 0 Å². The van der Waals surface area contributed by atoms with Crippen LogP contribution in [-0.2, 0) is 0 Å². The molecule has 0 bridgehead atoms. The van der Waals surface area contributed by atoms with E-state index in [2.05, 4.69) is 31.9 Å². The summed E-state index contributed by atoms with van der Waals surface area (Å²) in [6.45, 7) is 1.89. The molecule has 0 saturated carbocycles. The summed E-state index contributed by atoms with van der Waals surface area (Å²) >= 11 is 6.86. The maximum absolute atomic E-state index is 5.95. The van der Waals surface area contributed by atoms with Crippen molar-refractivity contribution in [3.8, 4) is 5.75 Å². The van der Waals surface area contributed by atoms with Gasteiger partial charge in [-0.15, -0.1) is 0 Å². The Morgan fingerprint density at radius 1 is 1.28 bits per heavy atom. The van der Waals surface area contributed by atoms with E-state index in [1.165, 1.54) is 0 Å². The number of ether oxygens (including phenoxy) is 1. The number of halogens is 2. The lowest BCUT2D eigenvalue weighted by molar-refractivity contribution is 0.152. The van der Waals surface area contributed by atoms with E-state index in [1.807, 2.05) is 37.3 Å². The van der Waals surface area contributed by atoms with Crippen LogP contribution in [0.3, 0.4) is 0 Å². The minimum absolute atomic E-state index is 0.174. The van der Waals surface area contributed by atoms with Gasteiger partial charge in [0.15, 0.2) is 6.10 Å². The Bertz CT molecular complexity index is 512. The van der Waals surface area contributed by atoms with Crippen LogP contribution >= 0.6 is 31.9 Å². The highest BCUT2D eigenvalue weighted by molar-refractivity contribution is 9.11. The fourth-order valence-electron chi connectivity index (χ4n) is 1.59. The molecule has 1 heterocycles. The molecule has 0 fully saturated rings. The maximum atomic E-state index is 5.95. The van der Waals surface area contributed by atoms with Crippen LogP contribution in [0.25, 0.3) is 0 Å². The van der Waals surface area contributed by atoms with Crippen LogP contribution < -0.4 is 10.5 Å². The van der Waals surface area contributed by atoms with Crippen LogP contribution in [0.15, 0.2) is 50.0 Å². The van der Waals surface area contributed by atoms with E-state index in [0.29, 0.717) is 0 Å². The normalized spacial score (nSPS) is 14.2. The van der Waals surface area contributed by atoms with Gasteiger partial charge in [-0.25, -0.2) is 0 Å². The molecule has 1 aromatic heterocycles. The Morgan fingerprint density at radius 3 is 2.61 bits per heavy atom. The van der Waals surface area contributed by atoms with Crippen LogP contribution in [0, 0.1) is 0 Å². The van der Waals surface area contributed by atoms with Crippen molar-refractivity contribution in [1.29, 1.82) is 0 Å². The monoisotopic (exact) mass is 373 g/mol. The number of rotatable bonds is 4. The molecule has 3 nitrogen and oxygen atoms in total. The molecule has 2 aromatic rings. The van der Waals surface area contributed by atoms with E-state index in [9.17, 15) is 0 Å². The van der Waals surface area contributed by atoms with Gasteiger partial charge in [0.1, 0.15) is 11.5 Å². The van der Waals surface area contributed by atoms with E-state index >= 15 is 0 Å². The Morgan fingerprint density at radius 2 is 2.06 bits per heavy atom. The van der Waals surface area contributed by atoms with Gasteiger partial charge in [0.25, 0.3) is 0 Å². The quantitative estimate of drug-likeness (QED) is 0.869. The first-order valence-corrected chi connectivity index (χ1v) is 7.07. The SMILES string of the molecule is CC(N)C(Oc1ccc(Br)cc1Br)c1ccco1. The molecule has 0 radical (unpaired) electrons. The molecule has 5 heteroatoms. The second-order valence-electron chi connectivity index (χ2n) is 3.99. The molecule has 2 unspecified atom stereocenters. The summed E-state index contributed by atoms with van der Waals surface area (Å²) in [5.41, 5.74) is 5.95. The van der Waals surface area contributed by atoms with Crippen molar-refractivity contribution in [2.24, 2.45) is 5.73 Å². The number of benzene rings is 1. The van der Waals surface area contributed by atoms with Crippen molar-refractivity contribution in [1.82, 2.24) is 0 Å². The Kier molecular flexibility index (Phi) is 4.48. The number of furan rings is 1. The van der Waals surface area contributed by atoms with Crippen molar-refractivity contribution < 1.29 is 9.15 Å². The summed E-state index contributed by atoms with van der Waals surface area (Å²) in [5.74, 6) is 1.46. The van der Waals surface area contributed by atoms with Crippen LogP contribution in [0.2, 0.25) is 0 Å². The van der Waals surface area contributed by atoms with Crippen molar-refractivity contribution in [2.45, 2.75) is 19.1 Å². The lowest BCUT2D eigenvalue weighted by Gasteiger charge is -2.21. The minimum atomic E-state index is -0.308. The van der Waals surface area contributed by atoms with E-state index < -0.39 is 0 Å². The predicted octanol–water partition coefficient (Wildman–Crippen LogP) is 4.27. The Balaban J connectivity index is 2.24. The van der Waals surface area contributed by atoms with Gasteiger partial charge in [-0.3, -0.25) is 0 Å². The van der Waals surface area contributed by atoms with Gasteiger partial charge < -0.3 is 14.9 Å². The summed E-state index contributed by atoms with van der Waals surface area (Å²) in [5, 5.41) is 0. The van der Waals surface area contributed by atoms with Crippen molar-refractivity contribution in [3.05, 3.63) is 51.3 Å². The Labute approximate surface area is 123 Å². The van der Waals surface area contributed by atoms with Crippen molar-refractivity contribution >= 4 is 31.9 Å². The first kappa shape index (κ1) is 13.6. The van der Waals surface area contributed by atoms with E-state index in [1.54, 1.807) is 6.26 Å². The smallest absolute Gasteiger partial charge is 0.171 e. The van der Waals surface area contributed by atoms with E-state index in [-0.39, 0.29) is 12.1 Å². The standard InChI is InChI=1S/C13H13Br2NO2/c1-8(16)13(12-3-2-6-17-12)18-11-5-4-9(14)7-10(11)15/h2-8,13H,16H2,1H3. The van der Waals surface area contributed by atoms with Gasteiger partial charge in [0, 0.05) is 10.5 Å². The molecule has 0 aliphatic rings. The van der Waals surface area contributed by atoms with Gasteiger partial charge in [-0.05, 0) is 53.2 Å². The third kappa shape index (κ3) is 3.16. The number of hydrogen-bond acceptors (Lipinski definition) is 3. The lowest BCUT2D eigenvalue weighted by atomic mass is 10.1. The van der Waals surface area contributed by atoms with Crippen LogP contribution in [0.5, 0.6) is 5.75 Å². The zero-order chi connectivity index (χ0) is 13.1. The third-order valence-corrected chi connectivity index (χ3v) is 3.56. The lowest BCUT2D eigenvalue weighted by Crippen LogP contribution is -2.28. The van der Waals surface area contributed by atoms with Gasteiger partial charge in [-0.1, -0.05) is 15.9 Å². The second kappa shape index (κ2) is 5.91. The van der Waals surface area contributed by atoms with Gasteiger partial charge in [0.2, 0.25) is 0 Å². The molecule has 0 amide bonds. The molecule has 2 N–H and O–H groups in total. The molecule has 0 aliphatic carbocycles. The average Bonchev–Trinajstić information content (AvgIpc) is 2.80. The molecular formula is C13H13Br2NO2. The first-order valence-electron chi connectivity index (χ1n) is 5.48. The Hall–Kier alpha value is -0.780. The fraction of sp³-hybridized carbons (Fsp3) is 0.231. The van der Waals surface area contributed by atoms with Crippen LogP contribution in [0.4, 0.5) is 0 Å². The first-order chi connectivity index (χ1) is 8.58. The fourth-order valence-corrected chi connectivity index (χ4v) is 2.73.